The molecule has 38 heavy (non-hydrogen) atoms. The van der Waals surface area contributed by atoms with Crippen molar-refractivity contribution in [3.63, 3.8) is 0 Å². The summed E-state index contributed by atoms with van der Waals surface area (Å²) in [5.74, 6) is 0.381. The van der Waals surface area contributed by atoms with E-state index in [1.54, 1.807) is 6.92 Å². The summed E-state index contributed by atoms with van der Waals surface area (Å²) in [5, 5.41) is 25.5. The summed E-state index contributed by atoms with van der Waals surface area (Å²) in [6, 6.07) is -0.796. The van der Waals surface area contributed by atoms with E-state index in [0.29, 0.717) is 24.2 Å². The van der Waals surface area contributed by atoms with Gasteiger partial charge in [-0.2, -0.15) is 0 Å². The van der Waals surface area contributed by atoms with Gasteiger partial charge in [0.25, 0.3) is 5.91 Å². The minimum atomic E-state index is -1.19. The predicted molar refractivity (Wildman–Crippen MR) is 139 cm³/mol. The van der Waals surface area contributed by atoms with Gasteiger partial charge in [0.2, 0.25) is 0 Å². The number of aliphatic hydroxyl groups is 2. The van der Waals surface area contributed by atoms with Crippen LogP contribution in [0.4, 0.5) is 0 Å². The topological polar surface area (TPSA) is 126 Å². The molecule has 4 fully saturated rings. The highest BCUT2D eigenvalue weighted by Crippen LogP contribution is 2.67. The molecular weight excluding hydrogens is 488 g/mol. The molecule has 0 radical (unpaired) electrons. The number of nitrogens with zero attached hydrogens (tertiary/aromatic N) is 2. The van der Waals surface area contributed by atoms with Crippen LogP contribution in [0.5, 0.6) is 0 Å². The first-order chi connectivity index (χ1) is 17.9. The Balaban J connectivity index is 1.25. The number of methoxy groups -OCH3 is 1. The lowest BCUT2D eigenvalue weighted by Crippen LogP contribution is -2.57. The van der Waals surface area contributed by atoms with E-state index in [2.05, 4.69) is 25.1 Å². The van der Waals surface area contributed by atoms with Crippen LogP contribution < -0.4 is 0 Å². The maximum Gasteiger partial charge on any atom is 0.328 e. The lowest BCUT2D eigenvalue weighted by molar-refractivity contribution is -0.159. The fourth-order valence-corrected chi connectivity index (χ4v) is 8.94. The van der Waals surface area contributed by atoms with E-state index < -0.39 is 29.6 Å². The van der Waals surface area contributed by atoms with E-state index in [-0.39, 0.29) is 36.2 Å². The predicted octanol–water partition coefficient (Wildman–Crippen LogP) is 2.78. The van der Waals surface area contributed by atoms with Crippen molar-refractivity contribution in [1.29, 1.82) is 0 Å². The summed E-state index contributed by atoms with van der Waals surface area (Å²) in [4.78, 5) is 43.8. The first-order valence-corrected chi connectivity index (χ1v) is 14.1. The van der Waals surface area contributed by atoms with Crippen LogP contribution in [0.15, 0.2) is 16.8 Å². The summed E-state index contributed by atoms with van der Waals surface area (Å²) < 4.78 is 4.76. The molecule has 4 aliphatic carbocycles. The van der Waals surface area contributed by atoms with Gasteiger partial charge in [-0.3, -0.25) is 9.59 Å². The summed E-state index contributed by atoms with van der Waals surface area (Å²) >= 11 is 0. The number of hydrogen-bond acceptors (Lipinski definition) is 8. The molecule has 3 saturated carbocycles. The number of esters is 1. The number of carbonyl (C=O) groups excluding carboxylic acids is 3. The Labute approximate surface area is 224 Å². The number of oxime groups is 1. The molecule has 9 nitrogen and oxygen atoms in total. The quantitative estimate of drug-likeness (QED) is 0.414. The lowest BCUT2D eigenvalue weighted by Gasteiger charge is -2.59. The largest absolute Gasteiger partial charge is 0.467 e. The van der Waals surface area contributed by atoms with Gasteiger partial charge in [0.15, 0.2) is 12.4 Å². The average molecular weight is 531 g/mol. The highest BCUT2D eigenvalue weighted by atomic mass is 16.6. The molecule has 0 aromatic heterocycles. The highest BCUT2D eigenvalue weighted by Gasteiger charge is 2.65. The van der Waals surface area contributed by atoms with E-state index in [1.807, 2.05) is 0 Å². The number of carbonyl (C=O) groups is 3. The number of ketones is 1. The monoisotopic (exact) mass is 530 g/mol. The van der Waals surface area contributed by atoms with Crippen molar-refractivity contribution in [2.45, 2.75) is 96.3 Å². The van der Waals surface area contributed by atoms with Gasteiger partial charge in [-0.15, -0.1) is 0 Å². The Bertz CT molecular complexity index is 1070. The van der Waals surface area contributed by atoms with Crippen molar-refractivity contribution in [3.8, 4) is 0 Å². The SMILES string of the molecule is COC(=O)[C@@H]1C[C@H](O)CN1C(=O)CO/N=C1\C=C2CC[C@H]3[C@@H](CC[C@@]4(C)[C@@H]3CC[C@]4(O)C(C)=O)[C@@]2(C)CC1. The molecule has 5 aliphatic rings. The Hall–Kier alpha value is -2.26. The Morgan fingerprint density at radius 3 is 2.55 bits per heavy atom. The lowest BCUT2D eigenvalue weighted by atomic mass is 9.46. The summed E-state index contributed by atoms with van der Waals surface area (Å²) in [6.07, 6.45) is 8.67. The van der Waals surface area contributed by atoms with Gasteiger partial charge in [0, 0.05) is 18.4 Å². The normalized spacial score (nSPS) is 43.1. The van der Waals surface area contributed by atoms with E-state index in [1.165, 1.54) is 17.6 Å². The first kappa shape index (κ1) is 27.3. The number of fused-ring (bicyclic) bond motifs is 5. The number of likely N-dealkylation sites (tertiary alicyclic amines) is 1. The maximum absolute atomic E-state index is 12.7. The summed E-state index contributed by atoms with van der Waals surface area (Å²) in [7, 11) is 1.27. The minimum Gasteiger partial charge on any atom is -0.467 e. The number of Topliss-reactive ketones (excluding diaryl/α,β-unsaturated/α-hetero) is 1. The van der Waals surface area contributed by atoms with Crippen LogP contribution in [0, 0.1) is 28.6 Å². The van der Waals surface area contributed by atoms with Crippen LogP contribution >= 0.6 is 0 Å². The third-order valence-electron chi connectivity index (χ3n) is 11.2. The zero-order valence-electron chi connectivity index (χ0n) is 23.1. The van der Waals surface area contributed by atoms with Crippen LogP contribution in [0.1, 0.15) is 78.6 Å². The third kappa shape index (κ3) is 4.12. The summed E-state index contributed by atoms with van der Waals surface area (Å²) in [6.45, 7) is 5.85. The minimum absolute atomic E-state index is 0.0649. The molecule has 210 valence electrons. The Morgan fingerprint density at radius 1 is 1.11 bits per heavy atom. The maximum atomic E-state index is 12.7. The van der Waals surface area contributed by atoms with Gasteiger partial charge < -0.3 is 24.7 Å². The third-order valence-corrected chi connectivity index (χ3v) is 11.2. The number of β-amino-alcohol motifs (C(OH)–C–C–N with tert-alkyl or cyclic N) is 1. The van der Waals surface area contributed by atoms with E-state index in [9.17, 15) is 24.6 Å². The molecule has 0 unspecified atom stereocenters. The second kappa shape index (κ2) is 9.73. The van der Waals surface area contributed by atoms with Gasteiger partial charge in [0.1, 0.15) is 11.6 Å². The standard InChI is InChI=1S/C29H42N2O7/c1-17(32)29(36)12-9-23-21-6-5-18-13-19(7-10-27(18,2)22(21)8-11-28(23,29)3)30-38-16-25(34)31-15-20(33)14-24(31)26(35)37-4/h13,20-24,33,36H,5-12,14-16H2,1-4H3/b30-19-/t20-,21-,22+,23+,24-,27-,28-,29-/m0/s1. The molecule has 9 heteroatoms. The number of ether oxygens (including phenoxy) is 1. The number of hydrogen-bond donors (Lipinski definition) is 2. The molecular formula is C29H42N2O7. The molecule has 0 spiro atoms. The number of amides is 1. The van der Waals surface area contributed by atoms with Gasteiger partial charge >= 0.3 is 5.97 Å². The molecule has 8 atom stereocenters. The fraction of sp³-hybridized carbons (Fsp3) is 0.793. The average Bonchev–Trinajstić information content (AvgIpc) is 3.41. The number of aliphatic hydroxyl groups excluding tert-OH is 1. The molecule has 1 aliphatic heterocycles. The fourth-order valence-electron chi connectivity index (χ4n) is 8.94. The van der Waals surface area contributed by atoms with Crippen molar-refractivity contribution < 1.29 is 34.2 Å². The molecule has 2 N–H and O–H groups in total. The van der Waals surface area contributed by atoms with Crippen molar-refractivity contribution in [3.05, 3.63) is 11.6 Å². The van der Waals surface area contributed by atoms with Gasteiger partial charge in [-0.1, -0.05) is 24.6 Å². The molecule has 0 bridgehead atoms. The molecule has 5 rings (SSSR count). The number of allylic oxidation sites excluding steroid dienone is 2. The molecule has 0 aromatic carbocycles. The van der Waals surface area contributed by atoms with Gasteiger partial charge in [0.05, 0.1) is 18.9 Å². The van der Waals surface area contributed by atoms with Gasteiger partial charge in [-0.25, -0.2) is 4.79 Å². The molecule has 1 saturated heterocycles. The summed E-state index contributed by atoms with van der Waals surface area (Å²) in [5.41, 5.74) is 0.746. The first-order valence-electron chi connectivity index (χ1n) is 14.1. The molecule has 0 aromatic rings. The second-order valence-electron chi connectivity index (χ2n) is 12.7. The van der Waals surface area contributed by atoms with Crippen molar-refractivity contribution in [2.75, 3.05) is 20.3 Å². The Kier molecular flexibility index (Phi) is 7.00. The second-order valence-corrected chi connectivity index (χ2v) is 12.7. The smallest absolute Gasteiger partial charge is 0.328 e. The van der Waals surface area contributed by atoms with Crippen molar-refractivity contribution in [2.24, 2.45) is 33.7 Å². The van der Waals surface area contributed by atoms with Crippen molar-refractivity contribution in [1.82, 2.24) is 4.90 Å². The Morgan fingerprint density at radius 2 is 1.84 bits per heavy atom. The molecule has 1 heterocycles. The number of rotatable bonds is 5. The highest BCUT2D eigenvalue weighted by molar-refractivity contribution is 5.96. The van der Waals surface area contributed by atoms with E-state index >= 15 is 0 Å². The van der Waals surface area contributed by atoms with Gasteiger partial charge in [-0.05, 0) is 87.5 Å². The van der Waals surface area contributed by atoms with Crippen LogP contribution in [0.3, 0.4) is 0 Å². The van der Waals surface area contributed by atoms with Crippen LogP contribution in [-0.2, 0) is 24.0 Å². The zero-order valence-corrected chi connectivity index (χ0v) is 23.1. The zero-order chi connectivity index (χ0) is 27.5. The molecule has 1 amide bonds. The van der Waals surface area contributed by atoms with Crippen LogP contribution in [-0.4, -0.2) is 76.5 Å². The van der Waals surface area contributed by atoms with Crippen LogP contribution in [0.2, 0.25) is 0 Å². The van der Waals surface area contributed by atoms with Crippen molar-refractivity contribution >= 4 is 23.4 Å². The van der Waals surface area contributed by atoms with E-state index in [0.717, 1.165) is 50.7 Å². The van der Waals surface area contributed by atoms with Crippen LogP contribution in [0.25, 0.3) is 0 Å². The van der Waals surface area contributed by atoms with E-state index in [4.69, 9.17) is 9.57 Å².